The Morgan fingerprint density at radius 3 is 1.08 bits per heavy atom. The Bertz CT molecular complexity index is 1040. The molecule has 3 aromatic carbocycles. The first-order chi connectivity index (χ1) is 17.7. The van der Waals surface area contributed by atoms with Crippen molar-refractivity contribution in [1.82, 2.24) is 0 Å². The quantitative estimate of drug-likeness (QED) is 0.357. The van der Waals surface area contributed by atoms with Crippen LogP contribution in [0.4, 0.5) is 22.7 Å². The summed E-state index contributed by atoms with van der Waals surface area (Å²) in [6, 6.07) is 27.8. The van der Waals surface area contributed by atoms with E-state index in [9.17, 15) is 9.59 Å². The summed E-state index contributed by atoms with van der Waals surface area (Å²) in [6.45, 7) is 0. The molecule has 4 nitrogen and oxygen atoms in total. The highest BCUT2D eigenvalue weighted by Gasteiger charge is 2.30. The molecule has 186 valence electrons. The minimum Gasteiger partial charge on any atom is -0.281 e. The van der Waals surface area contributed by atoms with Crippen molar-refractivity contribution in [3.8, 4) is 0 Å². The van der Waals surface area contributed by atoms with Crippen molar-refractivity contribution >= 4 is 34.6 Å². The van der Waals surface area contributed by atoms with Gasteiger partial charge in [0, 0.05) is 34.6 Å². The first-order valence-electron chi connectivity index (χ1n) is 13.6. The Kier molecular flexibility index (Phi) is 7.80. The van der Waals surface area contributed by atoms with Gasteiger partial charge < -0.3 is 0 Å². The Balaban J connectivity index is 1.47. The van der Waals surface area contributed by atoms with Gasteiger partial charge in [0.05, 0.1) is 0 Å². The van der Waals surface area contributed by atoms with E-state index in [4.69, 9.17) is 0 Å². The van der Waals surface area contributed by atoms with Gasteiger partial charge in [0.2, 0.25) is 11.8 Å². The number of hydrogen-bond acceptors (Lipinski definition) is 2. The van der Waals surface area contributed by atoms with Gasteiger partial charge in [-0.05, 0) is 74.2 Å². The monoisotopic (exact) mass is 480 g/mol. The summed E-state index contributed by atoms with van der Waals surface area (Å²) in [5.41, 5.74) is 3.47. The van der Waals surface area contributed by atoms with Gasteiger partial charge in [0.25, 0.3) is 0 Å². The molecule has 2 aliphatic carbocycles. The molecule has 2 saturated carbocycles. The Morgan fingerprint density at radius 1 is 0.444 bits per heavy atom. The first kappa shape index (κ1) is 24.3. The summed E-state index contributed by atoms with van der Waals surface area (Å²) in [5, 5.41) is 0. The molecule has 0 aliphatic heterocycles. The third kappa shape index (κ3) is 5.38. The van der Waals surface area contributed by atoms with Crippen LogP contribution in [0, 0.1) is 11.8 Å². The van der Waals surface area contributed by atoms with Crippen LogP contribution in [0.25, 0.3) is 0 Å². The molecule has 0 aromatic heterocycles. The maximum absolute atomic E-state index is 13.7. The predicted molar refractivity (Wildman–Crippen MR) is 147 cm³/mol. The molecular formula is C32H36N2O2. The van der Waals surface area contributed by atoms with Crippen molar-refractivity contribution in [1.29, 1.82) is 0 Å². The van der Waals surface area contributed by atoms with Gasteiger partial charge in [-0.25, -0.2) is 0 Å². The Morgan fingerprint density at radius 2 is 0.750 bits per heavy atom. The highest BCUT2D eigenvalue weighted by Crippen LogP contribution is 2.36. The number of nitrogens with zero attached hydrogens (tertiary/aromatic N) is 2. The van der Waals surface area contributed by atoms with Crippen LogP contribution in [-0.2, 0) is 9.59 Å². The lowest BCUT2D eigenvalue weighted by molar-refractivity contribution is -0.123. The molecule has 2 amide bonds. The van der Waals surface area contributed by atoms with E-state index in [1.165, 1.54) is 12.8 Å². The molecule has 0 unspecified atom stereocenters. The van der Waals surface area contributed by atoms with Crippen LogP contribution in [0.1, 0.15) is 64.2 Å². The topological polar surface area (TPSA) is 40.6 Å². The Labute approximate surface area is 214 Å². The molecule has 36 heavy (non-hydrogen) atoms. The minimum atomic E-state index is 0.0623. The first-order valence-corrected chi connectivity index (χ1v) is 13.6. The van der Waals surface area contributed by atoms with Gasteiger partial charge in [-0.1, -0.05) is 74.9 Å². The van der Waals surface area contributed by atoms with E-state index in [1.54, 1.807) is 0 Å². The van der Waals surface area contributed by atoms with Crippen LogP contribution in [-0.4, -0.2) is 11.8 Å². The Hall–Kier alpha value is -3.40. The smallest absolute Gasteiger partial charge is 0.234 e. The zero-order valence-electron chi connectivity index (χ0n) is 21.0. The highest BCUT2D eigenvalue weighted by atomic mass is 16.2. The van der Waals surface area contributed by atoms with Crippen LogP contribution in [0.5, 0.6) is 0 Å². The van der Waals surface area contributed by atoms with E-state index < -0.39 is 0 Å². The second-order valence-electron chi connectivity index (χ2n) is 10.2. The van der Waals surface area contributed by atoms with Gasteiger partial charge in [-0.2, -0.15) is 0 Å². The molecule has 3 aromatic rings. The summed E-state index contributed by atoms with van der Waals surface area (Å²) >= 11 is 0. The fourth-order valence-electron chi connectivity index (χ4n) is 5.78. The molecule has 0 saturated heterocycles. The number of carbonyl (C=O) groups excluding carboxylic acids is 2. The zero-order chi connectivity index (χ0) is 24.7. The van der Waals surface area contributed by atoms with Gasteiger partial charge in [-0.15, -0.1) is 0 Å². The van der Waals surface area contributed by atoms with Gasteiger partial charge >= 0.3 is 0 Å². The number of amides is 2. The van der Waals surface area contributed by atoms with E-state index in [0.29, 0.717) is 0 Å². The lowest BCUT2D eigenvalue weighted by Gasteiger charge is -2.31. The van der Waals surface area contributed by atoms with E-state index in [2.05, 4.69) is 0 Å². The predicted octanol–water partition coefficient (Wildman–Crippen LogP) is 8.18. The molecule has 0 N–H and O–H groups in total. The molecular weight excluding hydrogens is 444 g/mol. The van der Waals surface area contributed by atoms with Crippen LogP contribution in [0.2, 0.25) is 0 Å². The number of carbonyl (C=O) groups is 2. The lowest BCUT2D eigenvalue weighted by atomic mass is 9.88. The van der Waals surface area contributed by atoms with Crippen LogP contribution in [0.3, 0.4) is 0 Å². The normalized spacial score (nSPS) is 16.9. The van der Waals surface area contributed by atoms with Crippen molar-refractivity contribution in [3.63, 3.8) is 0 Å². The van der Waals surface area contributed by atoms with Crippen molar-refractivity contribution in [2.75, 3.05) is 9.80 Å². The van der Waals surface area contributed by atoms with E-state index in [0.717, 1.165) is 74.1 Å². The highest BCUT2D eigenvalue weighted by molar-refractivity contribution is 6.04. The molecule has 0 heterocycles. The van der Waals surface area contributed by atoms with Crippen molar-refractivity contribution in [2.45, 2.75) is 64.2 Å². The lowest BCUT2D eigenvalue weighted by Crippen LogP contribution is -2.34. The summed E-state index contributed by atoms with van der Waals surface area (Å²) < 4.78 is 0. The average Bonchev–Trinajstić information content (AvgIpc) is 2.96. The number of para-hydroxylation sites is 2. The number of hydrogen-bond donors (Lipinski definition) is 0. The molecule has 2 aliphatic rings. The third-order valence-electron chi connectivity index (χ3n) is 7.74. The maximum atomic E-state index is 13.7. The molecule has 0 atom stereocenters. The molecule has 0 radical (unpaired) electrons. The second kappa shape index (κ2) is 11.6. The maximum Gasteiger partial charge on any atom is 0.234 e. The fourth-order valence-corrected chi connectivity index (χ4v) is 5.78. The minimum absolute atomic E-state index is 0.0623. The number of benzene rings is 3. The van der Waals surface area contributed by atoms with Crippen molar-refractivity contribution < 1.29 is 9.59 Å². The summed E-state index contributed by atoms with van der Waals surface area (Å²) in [7, 11) is 0. The molecule has 2 fully saturated rings. The van der Waals surface area contributed by atoms with Crippen LogP contribution < -0.4 is 9.80 Å². The standard InChI is InChI=1S/C32H36N2O2/c35-31(25-13-5-1-6-14-25)33(27-17-9-3-10-18-27)29-21-23-30(24-22-29)34(28-19-11-4-12-20-28)32(36)26-15-7-2-8-16-26/h3-4,9-12,17-26H,1-2,5-8,13-16H2. The largest absolute Gasteiger partial charge is 0.281 e. The van der Waals surface area contributed by atoms with Gasteiger partial charge in [0.15, 0.2) is 0 Å². The molecule has 0 bridgehead atoms. The van der Waals surface area contributed by atoms with Gasteiger partial charge in [0.1, 0.15) is 0 Å². The number of rotatable bonds is 6. The summed E-state index contributed by atoms with van der Waals surface area (Å²) in [6.07, 6.45) is 10.7. The second-order valence-corrected chi connectivity index (χ2v) is 10.2. The molecule has 4 heteroatoms. The summed E-state index contributed by atoms with van der Waals surface area (Å²) in [4.78, 5) is 31.2. The third-order valence-corrected chi connectivity index (χ3v) is 7.74. The van der Waals surface area contributed by atoms with E-state index in [-0.39, 0.29) is 23.7 Å². The van der Waals surface area contributed by atoms with E-state index in [1.807, 2.05) is 94.7 Å². The van der Waals surface area contributed by atoms with Crippen molar-refractivity contribution in [2.24, 2.45) is 11.8 Å². The van der Waals surface area contributed by atoms with Gasteiger partial charge in [-0.3, -0.25) is 19.4 Å². The van der Waals surface area contributed by atoms with Crippen molar-refractivity contribution in [3.05, 3.63) is 84.9 Å². The SMILES string of the molecule is O=C(C1CCCCC1)N(c1ccccc1)c1ccc(N(C(=O)C2CCCCC2)c2ccccc2)cc1. The zero-order valence-corrected chi connectivity index (χ0v) is 21.0. The van der Waals surface area contributed by atoms with Crippen LogP contribution in [0.15, 0.2) is 84.9 Å². The summed E-state index contributed by atoms with van der Waals surface area (Å²) in [5.74, 6) is 0.471. The molecule has 0 spiro atoms. The average molecular weight is 481 g/mol. The fraction of sp³-hybridized carbons (Fsp3) is 0.375. The van der Waals surface area contributed by atoms with E-state index >= 15 is 0 Å². The van der Waals surface area contributed by atoms with Crippen LogP contribution >= 0.6 is 0 Å². The molecule has 5 rings (SSSR count). The number of anilines is 4.